The smallest absolute Gasteiger partial charge is 0.0474 e. The minimum Gasteiger partial charge on any atom is -0.398 e. The minimum atomic E-state index is 0.303. The Bertz CT molecular complexity index is 327. The summed E-state index contributed by atoms with van der Waals surface area (Å²) >= 11 is 1.70. The summed E-state index contributed by atoms with van der Waals surface area (Å²) in [5, 5.41) is 14.9. The Kier molecular flexibility index (Phi) is 4.21. The van der Waals surface area contributed by atoms with Crippen LogP contribution in [0.15, 0.2) is 11.4 Å². The van der Waals surface area contributed by atoms with Gasteiger partial charge in [-0.1, -0.05) is 12.8 Å². The average molecular weight is 240 g/mol. The molecule has 0 spiro atoms. The van der Waals surface area contributed by atoms with Crippen molar-refractivity contribution < 1.29 is 5.11 Å². The van der Waals surface area contributed by atoms with Crippen molar-refractivity contribution >= 4 is 17.0 Å². The molecule has 0 aliphatic heterocycles. The van der Waals surface area contributed by atoms with Crippen molar-refractivity contribution in [1.82, 2.24) is 5.32 Å². The maximum atomic E-state index is 9.31. The van der Waals surface area contributed by atoms with E-state index in [1.54, 1.807) is 11.3 Å². The van der Waals surface area contributed by atoms with Gasteiger partial charge in [-0.2, -0.15) is 0 Å². The van der Waals surface area contributed by atoms with Gasteiger partial charge in [-0.15, -0.1) is 11.3 Å². The Hall–Kier alpha value is -0.580. The van der Waals surface area contributed by atoms with Gasteiger partial charge in [-0.05, 0) is 30.2 Å². The van der Waals surface area contributed by atoms with Crippen LogP contribution in [0, 0.1) is 5.92 Å². The number of nitrogens with one attached hydrogen (secondary N) is 1. The Morgan fingerprint density at radius 1 is 1.44 bits per heavy atom. The molecular formula is C12H20N2OS. The average Bonchev–Trinajstić information content (AvgIpc) is 2.72. The first kappa shape index (κ1) is 11.9. The summed E-state index contributed by atoms with van der Waals surface area (Å²) in [4.78, 5) is 1.21. The largest absolute Gasteiger partial charge is 0.398 e. The Morgan fingerprint density at radius 3 is 2.94 bits per heavy atom. The summed E-state index contributed by atoms with van der Waals surface area (Å²) in [6.07, 6.45) is 4.85. The van der Waals surface area contributed by atoms with Crippen LogP contribution in [0.4, 0.5) is 5.69 Å². The molecule has 4 heteroatoms. The van der Waals surface area contributed by atoms with Crippen molar-refractivity contribution in [3.63, 3.8) is 0 Å². The normalized spacial score (nSPS) is 25.8. The van der Waals surface area contributed by atoms with Gasteiger partial charge in [0.1, 0.15) is 0 Å². The van der Waals surface area contributed by atoms with Gasteiger partial charge in [-0.25, -0.2) is 0 Å². The zero-order chi connectivity index (χ0) is 11.4. The van der Waals surface area contributed by atoms with Gasteiger partial charge < -0.3 is 16.2 Å². The fourth-order valence-corrected chi connectivity index (χ4v) is 3.16. The lowest BCUT2D eigenvalue weighted by Crippen LogP contribution is -2.39. The SMILES string of the molecule is Nc1ccsc1CNC1CCCCC1CO. The second kappa shape index (κ2) is 5.66. The maximum Gasteiger partial charge on any atom is 0.0474 e. The van der Waals surface area contributed by atoms with Crippen molar-refractivity contribution in [2.45, 2.75) is 38.3 Å². The second-order valence-corrected chi connectivity index (χ2v) is 5.51. The third-order valence-electron chi connectivity index (χ3n) is 3.45. The van der Waals surface area contributed by atoms with Gasteiger partial charge in [-0.3, -0.25) is 0 Å². The molecule has 1 aliphatic carbocycles. The van der Waals surface area contributed by atoms with Crippen molar-refractivity contribution in [2.24, 2.45) is 5.92 Å². The molecule has 1 aromatic rings. The highest BCUT2D eigenvalue weighted by Crippen LogP contribution is 2.25. The van der Waals surface area contributed by atoms with E-state index in [-0.39, 0.29) is 0 Å². The lowest BCUT2D eigenvalue weighted by molar-refractivity contribution is 0.152. The monoisotopic (exact) mass is 240 g/mol. The molecule has 0 radical (unpaired) electrons. The molecule has 90 valence electrons. The summed E-state index contributed by atoms with van der Waals surface area (Å²) in [5.74, 6) is 0.426. The Labute approximate surface area is 101 Å². The molecule has 1 fully saturated rings. The lowest BCUT2D eigenvalue weighted by atomic mass is 9.85. The topological polar surface area (TPSA) is 58.3 Å². The van der Waals surface area contributed by atoms with E-state index in [1.165, 1.54) is 24.1 Å². The molecule has 0 saturated heterocycles. The quantitative estimate of drug-likeness (QED) is 0.754. The third-order valence-corrected chi connectivity index (χ3v) is 4.38. The fourth-order valence-electron chi connectivity index (χ4n) is 2.41. The van der Waals surface area contributed by atoms with Crippen molar-refractivity contribution in [3.05, 3.63) is 16.3 Å². The van der Waals surface area contributed by atoms with Crippen LogP contribution in [0.1, 0.15) is 30.6 Å². The van der Waals surface area contributed by atoms with E-state index in [2.05, 4.69) is 5.32 Å². The fraction of sp³-hybridized carbons (Fsp3) is 0.667. The summed E-state index contributed by atoms with van der Waals surface area (Å²) in [7, 11) is 0. The minimum absolute atomic E-state index is 0.303. The first-order valence-electron chi connectivity index (χ1n) is 5.97. The molecule has 2 unspecified atom stereocenters. The van der Waals surface area contributed by atoms with Crippen LogP contribution in [0.25, 0.3) is 0 Å². The highest BCUT2D eigenvalue weighted by molar-refractivity contribution is 7.10. The Morgan fingerprint density at radius 2 is 2.25 bits per heavy atom. The highest BCUT2D eigenvalue weighted by atomic mass is 32.1. The molecule has 0 amide bonds. The predicted octanol–water partition coefficient (Wildman–Crippen LogP) is 1.97. The molecule has 1 saturated carbocycles. The number of aliphatic hydroxyl groups excluding tert-OH is 1. The molecule has 2 atom stereocenters. The van der Waals surface area contributed by atoms with Crippen LogP contribution in [0.5, 0.6) is 0 Å². The maximum absolute atomic E-state index is 9.31. The number of hydrogen-bond acceptors (Lipinski definition) is 4. The van der Waals surface area contributed by atoms with E-state index < -0.39 is 0 Å². The lowest BCUT2D eigenvalue weighted by Gasteiger charge is -2.31. The Balaban J connectivity index is 1.86. The summed E-state index contributed by atoms with van der Waals surface area (Å²) < 4.78 is 0. The number of rotatable bonds is 4. The van der Waals surface area contributed by atoms with E-state index in [0.717, 1.165) is 18.7 Å². The molecule has 0 aromatic carbocycles. The van der Waals surface area contributed by atoms with Gasteiger partial charge in [0, 0.05) is 29.8 Å². The molecule has 3 nitrogen and oxygen atoms in total. The van der Waals surface area contributed by atoms with E-state index in [0.29, 0.717) is 18.6 Å². The number of anilines is 1. The highest BCUT2D eigenvalue weighted by Gasteiger charge is 2.23. The molecular weight excluding hydrogens is 220 g/mol. The van der Waals surface area contributed by atoms with Crippen molar-refractivity contribution in [1.29, 1.82) is 0 Å². The van der Waals surface area contributed by atoms with Gasteiger partial charge in [0.25, 0.3) is 0 Å². The number of nitrogen functional groups attached to an aromatic ring is 1. The predicted molar refractivity (Wildman–Crippen MR) is 68.4 cm³/mol. The van der Waals surface area contributed by atoms with Crippen LogP contribution in [0.2, 0.25) is 0 Å². The standard InChI is InChI=1S/C12H20N2OS/c13-10-5-6-16-12(10)7-14-11-4-2-1-3-9(11)8-15/h5-6,9,11,14-15H,1-4,7-8,13H2. The zero-order valence-corrected chi connectivity index (χ0v) is 10.3. The van der Waals surface area contributed by atoms with Crippen LogP contribution < -0.4 is 11.1 Å². The van der Waals surface area contributed by atoms with Crippen LogP contribution in [0.3, 0.4) is 0 Å². The zero-order valence-electron chi connectivity index (χ0n) is 9.48. The summed E-state index contributed by atoms with van der Waals surface area (Å²) in [6, 6.07) is 2.41. The van der Waals surface area contributed by atoms with Gasteiger partial charge in [0.2, 0.25) is 0 Å². The molecule has 16 heavy (non-hydrogen) atoms. The van der Waals surface area contributed by atoms with E-state index in [4.69, 9.17) is 5.73 Å². The number of hydrogen-bond donors (Lipinski definition) is 3. The molecule has 1 aromatic heterocycles. The first-order valence-corrected chi connectivity index (χ1v) is 6.85. The van der Waals surface area contributed by atoms with Crippen LogP contribution in [-0.2, 0) is 6.54 Å². The number of nitrogens with two attached hydrogens (primary N) is 1. The first-order chi connectivity index (χ1) is 7.81. The molecule has 0 bridgehead atoms. The molecule has 1 heterocycles. The van der Waals surface area contributed by atoms with Crippen molar-refractivity contribution in [3.8, 4) is 0 Å². The van der Waals surface area contributed by atoms with Gasteiger partial charge in [0.15, 0.2) is 0 Å². The number of thiophene rings is 1. The molecule has 2 rings (SSSR count). The van der Waals surface area contributed by atoms with Gasteiger partial charge in [0.05, 0.1) is 0 Å². The van der Waals surface area contributed by atoms with E-state index >= 15 is 0 Å². The summed E-state index contributed by atoms with van der Waals surface area (Å²) in [6.45, 7) is 1.14. The third kappa shape index (κ3) is 2.75. The summed E-state index contributed by atoms with van der Waals surface area (Å²) in [5.41, 5.74) is 6.73. The van der Waals surface area contributed by atoms with Crippen LogP contribution in [-0.4, -0.2) is 17.8 Å². The molecule has 1 aliphatic rings. The van der Waals surface area contributed by atoms with Gasteiger partial charge >= 0.3 is 0 Å². The van der Waals surface area contributed by atoms with Crippen LogP contribution >= 0.6 is 11.3 Å². The van der Waals surface area contributed by atoms with Crippen molar-refractivity contribution in [2.75, 3.05) is 12.3 Å². The van der Waals surface area contributed by atoms with E-state index in [9.17, 15) is 5.11 Å². The van der Waals surface area contributed by atoms with E-state index in [1.807, 2.05) is 11.4 Å². The number of aliphatic hydroxyl groups is 1. The molecule has 4 N–H and O–H groups in total. The second-order valence-electron chi connectivity index (χ2n) is 4.51.